The highest BCUT2D eigenvalue weighted by molar-refractivity contribution is 5.93. The number of carboxylic acids is 1. The lowest BCUT2D eigenvalue weighted by atomic mass is 10.0. The quantitative estimate of drug-likeness (QED) is 0.771. The average molecular weight is 206 g/mol. The molecular weight excluding hydrogens is 194 g/mol. The highest BCUT2D eigenvalue weighted by atomic mass is 16.4. The number of carboxylic acid groups (broad SMARTS) is 1. The summed E-state index contributed by atoms with van der Waals surface area (Å²) in [5, 5.41) is 13.4. The summed E-state index contributed by atoms with van der Waals surface area (Å²) in [4.78, 5) is 21.6. The van der Waals surface area contributed by atoms with Gasteiger partial charge in [-0.15, -0.1) is 0 Å². The van der Waals surface area contributed by atoms with Crippen LogP contribution < -0.4 is 10.4 Å². The summed E-state index contributed by atoms with van der Waals surface area (Å²) < 4.78 is 0. The molecule has 1 amide bonds. The van der Waals surface area contributed by atoms with Crippen molar-refractivity contribution in [2.24, 2.45) is 0 Å². The normalized spacial score (nSPS) is 9.80. The van der Waals surface area contributed by atoms with Crippen molar-refractivity contribution in [2.75, 3.05) is 5.32 Å². The lowest BCUT2D eigenvalue weighted by Crippen LogP contribution is -2.24. The van der Waals surface area contributed by atoms with Crippen LogP contribution in [0.15, 0.2) is 12.1 Å². The van der Waals surface area contributed by atoms with Crippen molar-refractivity contribution in [1.82, 2.24) is 0 Å². The monoisotopic (exact) mass is 206 g/mol. The molecule has 4 nitrogen and oxygen atoms in total. The van der Waals surface area contributed by atoms with Gasteiger partial charge in [-0.1, -0.05) is 0 Å². The molecule has 0 aliphatic rings. The van der Waals surface area contributed by atoms with Crippen LogP contribution in [0.1, 0.15) is 28.4 Å². The lowest BCUT2D eigenvalue weighted by Gasteiger charge is -2.13. The van der Waals surface area contributed by atoms with Gasteiger partial charge in [0.25, 0.3) is 0 Å². The van der Waals surface area contributed by atoms with Gasteiger partial charge in [-0.2, -0.15) is 0 Å². The summed E-state index contributed by atoms with van der Waals surface area (Å²) in [5.41, 5.74) is 1.95. The van der Waals surface area contributed by atoms with E-state index in [9.17, 15) is 14.7 Å². The number of hydrogen-bond acceptors (Lipinski definition) is 3. The van der Waals surface area contributed by atoms with E-state index >= 15 is 0 Å². The number of benzene rings is 1. The Morgan fingerprint density at radius 2 is 1.67 bits per heavy atom. The van der Waals surface area contributed by atoms with Crippen LogP contribution in [-0.2, 0) is 4.79 Å². The number of aromatic carboxylic acids is 1. The SMILES string of the molecule is CC(=O)Nc1cc(C)c(C(=O)[O-])c(C)c1. The molecule has 0 bridgehead atoms. The molecule has 1 rings (SSSR count). The van der Waals surface area contributed by atoms with Gasteiger partial charge in [0.05, 0.1) is 5.97 Å². The Labute approximate surface area is 87.9 Å². The van der Waals surface area contributed by atoms with Gasteiger partial charge in [0.2, 0.25) is 5.91 Å². The van der Waals surface area contributed by atoms with E-state index in [4.69, 9.17) is 0 Å². The van der Waals surface area contributed by atoms with Crippen LogP contribution in [0, 0.1) is 13.8 Å². The average Bonchev–Trinajstić information content (AvgIpc) is 1.99. The third-order valence-electron chi connectivity index (χ3n) is 2.06. The van der Waals surface area contributed by atoms with Crippen LogP contribution in [0.4, 0.5) is 5.69 Å². The molecule has 1 N–H and O–H groups in total. The number of nitrogens with one attached hydrogen (secondary N) is 1. The van der Waals surface area contributed by atoms with Gasteiger partial charge >= 0.3 is 0 Å². The largest absolute Gasteiger partial charge is 0.545 e. The molecule has 0 saturated carbocycles. The minimum atomic E-state index is -1.20. The van der Waals surface area contributed by atoms with Crippen LogP contribution in [0.5, 0.6) is 0 Å². The molecular formula is C11H12NO3-. The zero-order valence-corrected chi connectivity index (χ0v) is 8.88. The molecule has 0 unspecified atom stereocenters. The van der Waals surface area contributed by atoms with Crippen molar-refractivity contribution in [3.8, 4) is 0 Å². The molecule has 4 heteroatoms. The van der Waals surface area contributed by atoms with Gasteiger partial charge in [0.15, 0.2) is 0 Å². The van der Waals surface area contributed by atoms with Crippen molar-refractivity contribution in [1.29, 1.82) is 0 Å². The van der Waals surface area contributed by atoms with E-state index in [0.29, 0.717) is 16.8 Å². The van der Waals surface area contributed by atoms with E-state index in [1.165, 1.54) is 6.92 Å². The van der Waals surface area contributed by atoms with Crippen molar-refractivity contribution in [3.63, 3.8) is 0 Å². The second-order valence-corrected chi connectivity index (χ2v) is 3.45. The van der Waals surface area contributed by atoms with Crippen molar-refractivity contribution >= 4 is 17.6 Å². The van der Waals surface area contributed by atoms with Crippen LogP contribution in [0.3, 0.4) is 0 Å². The van der Waals surface area contributed by atoms with E-state index in [2.05, 4.69) is 5.32 Å². The van der Waals surface area contributed by atoms with Crippen molar-refractivity contribution in [3.05, 3.63) is 28.8 Å². The minimum absolute atomic E-state index is 0.184. The third kappa shape index (κ3) is 2.56. The fraction of sp³-hybridized carbons (Fsp3) is 0.273. The van der Waals surface area contributed by atoms with E-state index in [0.717, 1.165) is 0 Å². The standard InChI is InChI=1S/C11H13NO3/c1-6-4-9(12-8(3)13)5-7(2)10(6)11(14)15/h4-5H,1-3H3,(H,12,13)(H,14,15)/p-1. The smallest absolute Gasteiger partial charge is 0.221 e. The first kappa shape index (κ1) is 11.2. The summed E-state index contributed by atoms with van der Waals surface area (Å²) in [7, 11) is 0. The summed E-state index contributed by atoms with van der Waals surface area (Å²) >= 11 is 0. The predicted molar refractivity (Wildman–Crippen MR) is 54.6 cm³/mol. The molecule has 0 saturated heterocycles. The Bertz CT molecular complexity index is 401. The Morgan fingerprint density at radius 1 is 1.20 bits per heavy atom. The maximum absolute atomic E-state index is 10.8. The van der Waals surface area contributed by atoms with E-state index in [1.807, 2.05) is 0 Å². The molecule has 1 aromatic carbocycles. The Kier molecular flexibility index (Phi) is 3.09. The number of hydrogen-bond donors (Lipinski definition) is 1. The van der Waals surface area contributed by atoms with Crippen molar-refractivity contribution < 1.29 is 14.7 Å². The van der Waals surface area contributed by atoms with E-state index < -0.39 is 5.97 Å². The van der Waals surface area contributed by atoms with Crippen LogP contribution in [-0.4, -0.2) is 11.9 Å². The highest BCUT2D eigenvalue weighted by Gasteiger charge is 2.06. The molecule has 0 aliphatic heterocycles. The number of aryl methyl sites for hydroxylation is 2. The number of amides is 1. The fourth-order valence-electron chi connectivity index (χ4n) is 1.56. The summed E-state index contributed by atoms with van der Waals surface area (Å²) in [6.07, 6.45) is 0. The third-order valence-corrected chi connectivity index (χ3v) is 2.06. The topological polar surface area (TPSA) is 69.2 Å². The summed E-state index contributed by atoms with van der Waals surface area (Å²) in [5.74, 6) is -1.38. The van der Waals surface area contributed by atoms with Gasteiger partial charge < -0.3 is 15.2 Å². The van der Waals surface area contributed by atoms with E-state index in [-0.39, 0.29) is 11.5 Å². The molecule has 0 spiro atoms. The molecule has 0 aliphatic carbocycles. The molecule has 80 valence electrons. The first-order valence-corrected chi connectivity index (χ1v) is 4.52. The predicted octanol–water partition coefficient (Wildman–Crippen LogP) is 0.625. The van der Waals surface area contributed by atoms with Gasteiger partial charge in [-0.25, -0.2) is 0 Å². The Balaban J connectivity index is 3.19. The zero-order chi connectivity index (χ0) is 11.6. The van der Waals surface area contributed by atoms with E-state index in [1.54, 1.807) is 26.0 Å². The maximum atomic E-state index is 10.8. The van der Waals surface area contributed by atoms with Gasteiger partial charge in [0.1, 0.15) is 0 Å². The van der Waals surface area contributed by atoms with Crippen LogP contribution >= 0.6 is 0 Å². The van der Waals surface area contributed by atoms with Crippen LogP contribution in [0.25, 0.3) is 0 Å². The molecule has 0 atom stereocenters. The van der Waals surface area contributed by atoms with Gasteiger partial charge in [-0.05, 0) is 37.1 Å². The second kappa shape index (κ2) is 4.13. The molecule has 0 fully saturated rings. The number of rotatable bonds is 2. The molecule has 15 heavy (non-hydrogen) atoms. The van der Waals surface area contributed by atoms with Gasteiger partial charge in [-0.3, -0.25) is 4.79 Å². The highest BCUT2D eigenvalue weighted by Crippen LogP contribution is 2.19. The maximum Gasteiger partial charge on any atom is 0.221 e. The molecule has 0 heterocycles. The number of carbonyl (C=O) groups is 2. The zero-order valence-electron chi connectivity index (χ0n) is 8.88. The second-order valence-electron chi connectivity index (χ2n) is 3.45. The molecule has 0 aromatic heterocycles. The lowest BCUT2D eigenvalue weighted by molar-refractivity contribution is -0.255. The Hall–Kier alpha value is -1.84. The molecule has 0 radical (unpaired) electrons. The van der Waals surface area contributed by atoms with Gasteiger partial charge in [0, 0.05) is 18.2 Å². The van der Waals surface area contributed by atoms with Crippen LogP contribution in [0.2, 0.25) is 0 Å². The summed E-state index contributed by atoms with van der Waals surface area (Å²) in [6, 6.07) is 3.22. The van der Waals surface area contributed by atoms with Crippen molar-refractivity contribution in [2.45, 2.75) is 20.8 Å². The first-order chi connectivity index (χ1) is 6.91. The first-order valence-electron chi connectivity index (χ1n) is 4.52. The summed E-state index contributed by atoms with van der Waals surface area (Å²) in [6.45, 7) is 4.74. The Morgan fingerprint density at radius 3 is 2.00 bits per heavy atom. The molecule has 1 aromatic rings. The number of anilines is 1. The fourth-order valence-corrected chi connectivity index (χ4v) is 1.56. The number of carbonyl (C=O) groups excluding carboxylic acids is 2. The minimum Gasteiger partial charge on any atom is -0.545 e.